The summed E-state index contributed by atoms with van der Waals surface area (Å²) in [5.74, 6) is 0.606. The van der Waals surface area contributed by atoms with Crippen LogP contribution in [0.4, 0.5) is 0 Å². The van der Waals surface area contributed by atoms with E-state index in [-0.39, 0.29) is 11.8 Å². The fourth-order valence-electron chi connectivity index (χ4n) is 3.97. The molecule has 132 valence electrons. The minimum atomic E-state index is -0.413. The lowest BCUT2D eigenvalue weighted by Crippen LogP contribution is -2.51. The first-order valence-corrected chi connectivity index (χ1v) is 9.36. The lowest BCUT2D eigenvalue weighted by Gasteiger charge is -2.40. The maximum Gasteiger partial charge on any atom is 0.230 e. The zero-order valence-electron chi connectivity index (χ0n) is 14.9. The molecule has 2 aliphatic rings. The number of rotatable bonds is 5. The Morgan fingerprint density at radius 2 is 1.52 bits per heavy atom. The monoisotopic (exact) mass is 323 g/mol. The molecule has 2 amide bonds. The molecule has 2 saturated heterocycles. The molecule has 2 N–H and O–H groups in total. The van der Waals surface area contributed by atoms with Crippen LogP contribution in [0.3, 0.4) is 0 Å². The van der Waals surface area contributed by atoms with Crippen LogP contribution in [-0.4, -0.2) is 54.3 Å². The molecule has 2 heterocycles. The molecule has 0 aromatic rings. The second-order valence-corrected chi connectivity index (χ2v) is 7.14. The third-order valence-corrected chi connectivity index (χ3v) is 6.00. The predicted octanol–water partition coefficient (Wildman–Crippen LogP) is 2.00. The Morgan fingerprint density at radius 3 is 2.00 bits per heavy atom. The molecule has 0 bridgehead atoms. The number of hydrogen-bond donors (Lipinski definition) is 1. The highest BCUT2D eigenvalue weighted by molar-refractivity contribution is 5.84. The Kier molecular flexibility index (Phi) is 6.45. The summed E-state index contributed by atoms with van der Waals surface area (Å²) in [6, 6.07) is 0. The Balaban J connectivity index is 1.90. The molecule has 2 fully saturated rings. The summed E-state index contributed by atoms with van der Waals surface area (Å²) in [4.78, 5) is 29.4. The number of piperidine rings is 2. The maximum atomic E-state index is 12.8. The molecule has 0 aromatic heterocycles. The van der Waals surface area contributed by atoms with Gasteiger partial charge in [-0.3, -0.25) is 9.59 Å². The van der Waals surface area contributed by atoms with E-state index < -0.39 is 5.41 Å². The lowest BCUT2D eigenvalue weighted by molar-refractivity contribution is -0.147. The van der Waals surface area contributed by atoms with Crippen LogP contribution in [0, 0.1) is 11.3 Å². The third-order valence-electron chi connectivity index (χ3n) is 6.00. The number of amides is 2. The van der Waals surface area contributed by atoms with Crippen molar-refractivity contribution in [1.82, 2.24) is 9.80 Å². The number of nitrogens with two attached hydrogens (primary N) is 1. The molecule has 23 heavy (non-hydrogen) atoms. The lowest BCUT2D eigenvalue weighted by atomic mass is 9.80. The molecular weight excluding hydrogens is 290 g/mol. The van der Waals surface area contributed by atoms with E-state index in [0.29, 0.717) is 25.5 Å². The average Bonchev–Trinajstić information content (AvgIpc) is 2.64. The Labute approximate surface area is 140 Å². The largest absolute Gasteiger partial charge is 0.342 e. The number of likely N-dealkylation sites (tertiary alicyclic amines) is 2. The number of carbonyl (C=O) groups is 2. The van der Waals surface area contributed by atoms with Gasteiger partial charge in [-0.2, -0.15) is 0 Å². The van der Waals surface area contributed by atoms with Gasteiger partial charge in [-0.05, 0) is 44.9 Å². The fourth-order valence-corrected chi connectivity index (χ4v) is 3.97. The average molecular weight is 323 g/mol. The van der Waals surface area contributed by atoms with Gasteiger partial charge in [-0.25, -0.2) is 0 Å². The standard InChI is InChI=1S/C18H33N3O2/c1-3-18(4-2,14-19)17(23)21-12-8-15(9-13-21)16(22)20-10-6-5-7-11-20/h15H,3-14,19H2,1-2H3. The third kappa shape index (κ3) is 3.87. The SMILES string of the molecule is CCC(CC)(CN)C(=O)N1CCC(C(=O)N2CCCCC2)CC1. The van der Waals surface area contributed by atoms with Crippen molar-refractivity contribution in [2.45, 2.75) is 58.8 Å². The van der Waals surface area contributed by atoms with Gasteiger partial charge >= 0.3 is 0 Å². The Bertz CT molecular complexity index is 398. The second-order valence-electron chi connectivity index (χ2n) is 7.14. The summed E-state index contributed by atoms with van der Waals surface area (Å²) < 4.78 is 0. The number of hydrogen-bond acceptors (Lipinski definition) is 3. The van der Waals surface area contributed by atoms with E-state index in [0.717, 1.165) is 51.6 Å². The molecule has 2 aliphatic heterocycles. The Morgan fingerprint density at radius 1 is 0.957 bits per heavy atom. The molecule has 2 rings (SSSR count). The van der Waals surface area contributed by atoms with Crippen molar-refractivity contribution >= 4 is 11.8 Å². The van der Waals surface area contributed by atoms with Crippen molar-refractivity contribution in [1.29, 1.82) is 0 Å². The van der Waals surface area contributed by atoms with Crippen LogP contribution in [0.5, 0.6) is 0 Å². The summed E-state index contributed by atoms with van der Waals surface area (Å²) in [5, 5.41) is 0. The molecule has 0 spiro atoms. The van der Waals surface area contributed by atoms with Crippen LogP contribution >= 0.6 is 0 Å². The van der Waals surface area contributed by atoms with E-state index in [1.165, 1.54) is 6.42 Å². The van der Waals surface area contributed by atoms with Crippen molar-refractivity contribution in [2.75, 3.05) is 32.7 Å². The summed E-state index contributed by atoms with van der Waals surface area (Å²) >= 11 is 0. The van der Waals surface area contributed by atoms with Crippen LogP contribution in [0.1, 0.15) is 58.8 Å². The maximum absolute atomic E-state index is 12.8. The van der Waals surface area contributed by atoms with Gasteiger partial charge in [0.2, 0.25) is 11.8 Å². The van der Waals surface area contributed by atoms with E-state index in [1.54, 1.807) is 0 Å². The summed E-state index contributed by atoms with van der Waals surface area (Å²) in [7, 11) is 0. The molecule has 0 saturated carbocycles. The van der Waals surface area contributed by atoms with Gasteiger partial charge < -0.3 is 15.5 Å². The van der Waals surface area contributed by atoms with Crippen LogP contribution in [0.25, 0.3) is 0 Å². The predicted molar refractivity (Wildman–Crippen MR) is 91.8 cm³/mol. The van der Waals surface area contributed by atoms with E-state index >= 15 is 0 Å². The van der Waals surface area contributed by atoms with E-state index in [1.807, 2.05) is 23.6 Å². The first kappa shape index (κ1) is 18.2. The number of nitrogens with zero attached hydrogens (tertiary/aromatic N) is 2. The zero-order valence-corrected chi connectivity index (χ0v) is 14.9. The fraction of sp³-hybridized carbons (Fsp3) is 0.889. The van der Waals surface area contributed by atoms with Gasteiger partial charge in [0, 0.05) is 38.6 Å². The highest BCUT2D eigenvalue weighted by Crippen LogP contribution is 2.30. The zero-order chi connectivity index (χ0) is 16.9. The minimum absolute atomic E-state index is 0.104. The molecule has 0 aromatic carbocycles. The van der Waals surface area contributed by atoms with Gasteiger partial charge in [0.05, 0.1) is 5.41 Å². The summed E-state index contributed by atoms with van der Waals surface area (Å²) in [6.45, 7) is 7.72. The molecule has 0 unspecified atom stereocenters. The summed E-state index contributed by atoms with van der Waals surface area (Å²) in [6.07, 6.45) is 6.68. The highest BCUT2D eigenvalue weighted by atomic mass is 16.2. The quantitative estimate of drug-likeness (QED) is 0.841. The highest BCUT2D eigenvalue weighted by Gasteiger charge is 2.39. The molecule has 0 radical (unpaired) electrons. The van der Waals surface area contributed by atoms with Crippen LogP contribution in [-0.2, 0) is 9.59 Å². The van der Waals surface area contributed by atoms with Crippen molar-refractivity contribution in [3.05, 3.63) is 0 Å². The topological polar surface area (TPSA) is 66.6 Å². The van der Waals surface area contributed by atoms with Crippen molar-refractivity contribution in [3.63, 3.8) is 0 Å². The summed E-state index contributed by atoms with van der Waals surface area (Å²) in [5.41, 5.74) is 5.49. The van der Waals surface area contributed by atoms with Gasteiger partial charge in [0.15, 0.2) is 0 Å². The molecular formula is C18H33N3O2. The normalized spacial score (nSPS) is 20.7. The smallest absolute Gasteiger partial charge is 0.230 e. The van der Waals surface area contributed by atoms with Crippen molar-refractivity contribution in [2.24, 2.45) is 17.1 Å². The first-order chi connectivity index (χ1) is 11.1. The van der Waals surface area contributed by atoms with Crippen LogP contribution in [0.2, 0.25) is 0 Å². The second kappa shape index (κ2) is 8.13. The van der Waals surface area contributed by atoms with Gasteiger partial charge in [0.25, 0.3) is 0 Å². The molecule has 5 nitrogen and oxygen atoms in total. The van der Waals surface area contributed by atoms with E-state index in [4.69, 9.17) is 5.73 Å². The van der Waals surface area contributed by atoms with Gasteiger partial charge in [-0.1, -0.05) is 13.8 Å². The molecule has 0 atom stereocenters. The molecule has 0 aliphatic carbocycles. The van der Waals surface area contributed by atoms with Gasteiger partial charge in [0.1, 0.15) is 0 Å². The minimum Gasteiger partial charge on any atom is -0.342 e. The number of carbonyl (C=O) groups excluding carboxylic acids is 2. The van der Waals surface area contributed by atoms with Crippen LogP contribution < -0.4 is 5.73 Å². The first-order valence-electron chi connectivity index (χ1n) is 9.36. The van der Waals surface area contributed by atoms with Crippen molar-refractivity contribution in [3.8, 4) is 0 Å². The van der Waals surface area contributed by atoms with E-state index in [2.05, 4.69) is 0 Å². The van der Waals surface area contributed by atoms with Crippen molar-refractivity contribution < 1.29 is 9.59 Å². The van der Waals surface area contributed by atoms with Crippen LogP contribution in [0.15, 0.2) is 0 Å². The van der Waals surface area contributed by atoms with E-state index in [9.17, 15) is 9.59 Å². The Hall–Kier alpha value is -1.10. The molecule has 5 heteroatoms. The van der Waals surface area contributed by atoms with Gasteiger partial charge in [-0.15, -0.1) is 0 Å².